The number of nitrogens with two attached hydrogens (primary N) is 1. The second-order valence-corrected chi connectivity index (χ2v) is 5.36. The first-order valence-corrected chi connectivity index (χ1v) is 7.23. The van der Waals surface area contributed by atoms with Gasteiger partial charge in [-0.25, -0.2) is 5.84 Å². The first-order chi connectivity index (χ1) is 11.5. The van der Waals surface area contributed by atoms with Gasteiger partial charge in [-0.15, -0.1) is 0 Å². The normalized spacial score (nSPS) is 16.7. The zero-order valence-corrected chi connectivity index (χ0v) is 14.0. The van der Waals surface area contributed by atoms with Crippen LogP contribution in [0.15, 0.2) is 29.7 Å². The summed E-state index contributed by atoms with van der Waals surface area (Å²) in [7, 11) is 6.45. The van der Waals surface area contributed by atoms with Crippen molar-refractivity contribution in [1.29, 1.82) is 0 Å². The highest BCUT2D eigenvalue weighted by molar-refractivity contribution is 5.75. The van der Waals surface area contributed by atoms with Gasteiger partial charge in [0.05, 0.1) is 32.3 Å². The molecule has 0 atom stereocenters. The van der Waals surface area contributed by atoms with E-state index in [1.165, 1.54) is 5.01 Å². The van der Waals surface area contributed by atoms with Gasteiger partial charge < -0.3 is 14.2 Å². The predicted molar refractivity (Wildman–Crippen MR) is 86.5 cm³/mol. The molecular formula is C15H20N5O4+. The highest BCUT2D eigenvalue weighted by atomic mass is 16.5. The molecule has 9 nitrogen and oxygen atoms in total. The van der Waals surface area contributed by atoms with Crippen molar-refractivity contribution in [3.63, 3.8) is 0 Å². The van der Waals surface area contributed by atoms with Crippen molar-refractivity contribution in [2.24, 2.45) is 5.84 Å². The third kappa shape index (κ3) is 2.38. The molecule has 0 amide bonds. The van der Waals surface area contributed by atoms with Crippen LogP contribution in [0.4, 0.5) is 0 Å². The number of rotatable bonds is 4. The van der Waals surface area contributed by atoms with Crippen molar-refractivity contribution in [3.05, 3.63) is 40.2 Å². The Kier molecular flexibility index (Phi) is 3.94. The van der Waals surface area contributed by atoms with Crippen molar-refractivity contribution in [1.82, 2.24) is 15.4 Å². The highest BCUT2D eigenvalue weighted by Crippen LogP contribution is 2.42. The number of hydrogen-bond donors (Lipinski definition) is 2. The maximum Gasteiger partial charge on any atom is 0.310 e. The van der Waals surface area contributed by atoms with E-state index in [-0.39, 0.29) is 6.67 Å². The number of nitroso groups, excluding NO2 is 1. The van der Waals surface area contributed by atoms with E-state index in [9.17, 15) is 4.91 Å². The fourth-order valence-electron chi connectivity index (χ4n) is 2.81. The van der Waals surface area contributed by atoms with Crippen molar-refractivity contribution >= 4 is 5.70 Å². The monoisotopic (exact) mass is 334 g/mol. The van der Waals surface area contributed by atoms with Gasteiger partial charge in [0, 0.05) is 17.5 Å². The van der Waals surface area contributed by atoms with Crippen molar-refractivity contribution in [3.8, 4) is 17.2 Å². The quantitative estimate of drug-likeness (QED) is 0.611. The summed E-state index contributed by atoms with van der Waals surface area (Å²) in [5.74, 6) is 7.25. The van der Waals surface area contributed by atoms with E-state index in [1.54, 1.807) is 44.7 Å². The van der Waals surface area contributed by atoms with Crippen molar-refractivity contribution < 1.29 is 19.0 Å². The topological polar surface area (TPSA) is 92.3 Å². The molecule has 0 unspecified atom stereocenters. The molecule has 0 aromatic heterocycles. The molecule has 0 aliphatic carbocycles. The van der Waals surface area contributed by atoms with Crippen molar-refractivity contribution in [2.75, 3.05) is 35.0 Å². The summed E-state index contributed by atoms with van der Waals surface area (Å²) in [5.41, 5.74) is 5.74. The fourth-order valence-corrected chi connectivity index (χ4v) is 2.81. The fraction of sp³-hybridized carbons (Fsp3) is 0.333. The molecule has 1 aromatic rings. The number of benzene rings is 1. The Morgan fingerprint density at radius 3 is 2.33 bits per heavy atom. The molecule has 1 aromatic carbocycles. The van der Waals surface area contributed by atoms with Gasteiger partial charge in [0.1, 0.15) is 5.70 Å². The second-order valence-electron chi connectivity index (χ2n) is 5.36. The van der Waals surface area contributed by atoms with Crippen LogP contribution in [0.3, 0.4) is 0 Å². The summed E-state index contributed by atoms with van der Waals surface area (Å²) < 4.78 is 16.9. The van der Waals surface area contributed by atoms with E-state index in [4.69, 9.17) is 20.1 Å². The van der Waals surface area contributed by atoms with Gasteiger partial charge in [-0.05, 0) is 12.1 Å². The molecule has 9 heteroatoms. The Morgan fingerprint density at radius 1 is 1.17 bits per heavy atom. The minimum atomic E-state index is 0.0439. The Labute approximate surface area is 139 Å². The number of methoxy groups -OCH3 is 3. The molecule has 3 N–H and O–H groups in total. The summed E-state index contributed by atoms with van der Waals surface area (Å²) in [4.78, 5) is 12.4. The first-order valence-electron chi connectivity index (χ1n) is 7.23. The van der Waals surface area contributed by atoms with E-state index < -0.39 is 0 Å². The van der Waals surface area contributed by atoms with Gasteiger partial charge in [-0.1, -0.05) is 0 Å². The number of ether oxygens (including phenoxy) is 3. The van der Waals surface area contributed by atoms with Gasteiger partial charge in [-0.3, -0.25) is 15.4 Å². The van der Waals surface area contributed by atoms with Crippen LogP contribution in [-0.2, 0) is 0 Å². The van der Waals surface area contributed by atoms with Crippen LogP contribution >= 0.6 is 0 Å². The maximum atomic E-state index is 12.4. The average Bonchev–Trinajstić information content (AvgIpc) is 2.90. The molecule has 2 aliphatic rings. The van der Waals surface area contributed by atoms with Gasteiger partial charge >= 0.3 is 5.70 Å². The Balaban J connectivity index is 2.18. The SMILES string of the molecule is COc1cc(C2=C3C(=CN(N)C[N+]3=O)N(C)N2)cc(OC)c1OC. The Hall–Kier alpha value is -2.94. The van der Waals surface area contributed by atoms with Crippen LogP contribution in [0.25, 0.3) is 5.70 Å². The second kappa shape index (κ2) is 5.93. The maximum absolute atomic E-state index is 12.4. The third-order valence-electron chi connectivity index (χ3n) is 3.90. The molecule has 2 heterocycles. The van der Waals surface area contributed by atoms with E-state index >= 15 is 0 Å². The first kappa shape index (κ1) is 15.9. The summed E-state index contributed by atoms with van der Waals surface area (Å²) in [5, 5.41) is 3.07. The Bertz CT molecular complexity index is 733. The van der Waals surface area contributed by atoms with Gasteiger partial charge in [0.2, 0.25) is 5.75 Å². The lowest BCUT2D eigenvalue weighted by molar-refractivity contribution is -0.520. The van der Waals surface area contributed by atoms with Gasteiger partial charge in [0.25, 0.3) is 6.67 Å². The van der Waals surface area contributed by atoms with Crippen LogP contribution in [0, 0.1) is 4.91 Å². The standard InChI is InChI=1S/C15H20N5O4/c1-18-10-7-19(16)8-20(21)14(10)13(17-18)9-5-11(22-2)15(24-4)12(6-9)23-3/h5-7,17H,8,16H2,1-4H3/q+1. The predicted octanol–water partition coefficient (Wildman–Crippen LogP) is 0.598. The van der Waals surface area contributed by atoms with Crippen LogP contribution in [0.2, 0.25) is 0 Å². The summed E-state index contributed by atoms with van der Waals surface area (Å²) in [6.45, 7) is 0.0439. The lowest BCUT2D eigenvalue weighted by Crippen LogP contribution is -2.38. The molecule has 0 radical (unpaired) electrons. The number of hydrogen-bond acceptors (Lipinski definition) is 8. The number of nitrogens with one attached hydrogen (secondary N) is 1. The molecule has 0 saturated carbocycles. The van der Waals surface area contributed by atoms with Crippen LogP contribution < -0.4 is 25.5 Å². The van der Waals surface area contributed by atoms with Crippen LogP contribution in [0.5, 0.6) is 17.2 Å². The smallest absolute Gasteiger partial charge is 0.310 e. The van der Waals surface area contributed by atoms with Crippen LogP contribution in [0.1, 0.15) is 5.56 Å². The number of nitrogens with zero attached hydrogens (tertiary/aromatic N) is 3. The number of hydrazine groups is 2. The summed E-state index contributed by atoms with van der Waals surface area (Å²) in [6, 6.07) is 3.58. The van der Waals surface area contributed by atoms with Gasteiger partial charge in [0.15, 0.2) is 17.2 Å². The van der Waals surface area contributed by atoms with E-state index in [1.807, 2.05) is 7.05 Å². The zero-order valence-electron chi connectivity index (χ0n) is 14.0. The zero-order chi connectivity index (χ0) is 17.4. The van der Waals surface area contributed by atoms with Crippen LogP contribution in [-0.4, -0.2) is 49.8 Å². The molecule has 0 saturated heterocycles. The third-order valence-corrected chi connectivity index (χ3v) is 3.90. The summed E-state index contributed by atoms with van der Waals surface area (Å²) in [6.07, 6.45) is 1.71. The lowest BCUT2D eigenvalue weighted by atomic mass is 10.1. The molecule has 2 aliphatic heterocycles. The lowest BCUT2D eigenvalue weighted by Gasteiger charge is -2.18. The molecule has 3 rings (SSSR count). The van der Waals surface area contributed by atoms with Crippen molar-refractivity contribution in [2.45, 2.75) is 0 Å². The van der Waals surface area contributed by atoms with Gasteiger partial charge in [-0.2, -0.15) is 0 Å². The average molecular weight is 334 g/mol. The number of likely N-dealkylation sites (N-methyl/N-ethyl adjacent to an activating group) is 1. The van der Waals surface area contributed by atoms with E-state index in [0.717, 1.165) is 10.3 Å². The highest BCUT2D eigenvalue weighted by Gasteiger charge is 2.41. The molecule has 0 fully saturated rings. The Morgan fingerprint density at radius 2 is 1.79 bits per heavy atom. The molecular weight excluding hydrogens is 314 g/mol. The minimum Gasteiger partial charge on any atom is -0.493 e. The molecule has 128 valence electrons. The van der Waals surface area contributed by atoms with E-state index in [0.29, 0.717) is 34.3 Å². The molecule has 0 bridgehead atoms. The summed E-state index contributed by atoms with van der Waals surface area (Å²) >= 11 is 0. The van der Waals surface area contributed by atoms with E-state index in [2.05, 4.69) is 5.43 Å². The number of fused-ring (bicyclic) bond motifs is 1. The largest absolute Gasteiger partial charge is 0.493 e. The molecule has 0 spiro atoms. The minimum absolute atomic E-state index is 0.0439. The molecule has 24 heavy (non-hydrogen) atoms.